The Kier molecular flexibility index (Phi) is 4.29. The van der Waals surface area contributed by atoms with E-state index in [-0.39, 0.29) is 42.0 Å². The minimum Gasteiger partial charge on any atom is -0.371 e. The van der Waals surface area contributed by atoms with E-state index >= 15 is 0 Å². The lowest BCUT2D eigenvalue weighted by atomic mass is 9.91. The highest BCUT2D eigenvalue weighted by Gasteiger charge is 2.47. The molecule has 1 aromatic rings. The Hall–Kier alpha value is -1.51. The first kappa shape index (κ1) is 16.9. The average molecular weight is 368 g/mol. The molecule has 3 fully saturated rings. The highest BCUT2D eigenvalue weighted by molar-refractivity contribution is 7.89. The van der Waals surface area contributed by atoms with Crippen LogP contribution in [0.15, 0.2) is 29.2 Å². The number of nitrogens with zero attached hydrogens (tertiary/aromatic N) is 1. The zero-order valence-corrected chi connectivity index (χ0v) is 14.5. The van der Waals surface area contributed by atoms with Gasteiger partial charge in [0.15, 0.2) is 0 Å². The Balaban J connectivity index is 1.47. The molecule has 1 saturated carbocycles. The fraction of sp³-hybridized carbons (Fsp3) is 0.588. The van der Waals surface area contributed by atoms with Crippen LogP contribution in [0.25, 0.3) is 0 Å². The Labute approximate surface area is 146 Å². The second-order valence-corrected chi connectivity index (χ2v) is 8.99. The summed E-state index contributed by atoms with van der Waals surface area (Å²) in [6.07, 6.45) is 3.01. The number of amides is 1. The van der Waals surface area contributed by atoms with Gasteiger partial charge in [0, 0.05) is 19.1 Å². The summed E-state index contributed by atoms with van der Waals surface area (Å²) in [5.41, 5.74) is 0. The molecule has 2 heterocycles. The summed E-state index contributed by atoms with van der Waals surface area (Å²) in [7, 11) is -3.72. The van der Waals surface area contributed by atoms with E-state index in [0.717, 1.165) is 31.4 Å². The first-order chi connectivity index (χ1) is 11.9. The molecule has 2 bridgehead atoms. The second kappa shape index (κ2) is 6.34. The maximum absolute atomic E-state index is 13.1. The Bertz CT molecular complexity index is 763. The van der Waals surface area contributed by atoms with Crippen LogP contribution in [-0.2, 0) is 19.6 Å². The van der Waals surface area contributed by atoms with Crippen molar-refractivity contribution in [3.63, 3.8) is 0 Å². The minimum atomic E-state index is -3.72. The van der Waals surface area contributed by atoms with Gasteiger partial charge in [-0.1, -0.05) is 0 Å². The predicted octanol–water partition coefficient (Wildman–Crippen LogP) is 1.27. The molecule has 1 amide bonds. The van der Waals surface area contributed by atoms with Crippen LogP contribution in [-0.4, -0.2) is 50.0 Å². The molecule has 136 valence electrons. The monoisotopic (exact) mass is 368 g/mol. The number of morpholine rings is 1. The molecular weight excluding hydrogens is 347 g/mol. The number of benzene rings is 1. The third kappa shape index (κ3) is 3.18. The average Bonchev–Trinajstić information content (AvgIpc) is 2.85. The number of hydrogen-bond donors (Lipinski definition) is 1. The summed E-state index contributed by atoms with van der Waals surface area (Å²) in [4.78, 5) is 12.5. The molecule has 0 aromatic heterocycles. The summed E-state index contributed by atoms with van der Waals surface area (Å²) in [5, 5.41) is 3.03. The molecule has 1 aliphatic carbocycles. The molecular formula is C17H21FN2O4S. The molecule has 0 radical (unpaired) electrons. The van der Waals surface area contributed by atoms with Gasteiger partial charge in [0.05, 0.1) is 23.0 Å². The zero-order valence-electron chi connectivity index (χ0n) is 13.7. The van der Waals surface area contributed by atoms with Crippen molar-refractivity contribution >= 4 is 15.9 Å². The molecule has 0 unspecified atom stereocenters. The van der Waals surface area contributed by atoms with Crippen molar-refractivity contribution in [3.05, 3.63) is 30.1 Å². The van der Waals surface area contributed by atoms with Gasteiger partial charge in [-0.15, -0.1) is 0 Å². The van der Waals surface area contributed by atoms with E-state index in [2.05, 4.69) is 5.32 Å². The maximum atomic E-state index is 13.1. The smallest absolute Gasteiger partial charge is 0.243 e. The first-order valence-corrected chi connectivity index (χ1v) is 10.1. The van der Waals surface area contributed by atoms with Crippen molar-refractivity contribution in [1.82, 2.24) is 9.62 Å². The van der Waals surface area contributed by atoms with E-state index in [1.165, 1.54) is 16.4 Å². The number of carbonyl (C=O) groups excluding carboxylic acids is 1. The lowest BCUT2D eigenvalue weighted by Gasteiger charge is -2.32. The van der Waals surface area contributed by atoms with Crippen LogP contribution in [0, 0.1) is 11.7 Å². The molecule has 3 aliphatic rings. The molecule has 8 heteroatoms. The summed E-state index contributed by atoms with van der Waals surface area (Å²) in [6.45, 7) is 0.377. The summed E-state index contributed by atoms with van der Waals surface area (Å²) in [5.74, 6) is -0.814. The first-order valence-electron chi connectivity index (χ1n) is 8.65. The van der Waals surface area contributed by atoms with Crippen molar-refractivity contribution in [2.24, 2.45) is 5.92 Å². The zero-order chi connectivity index (χ0) is 17.6. The van der Waals surface area contributed by atoms with Gasteiger partial charge in [-0.25, -0.2) is 12.8 Å². The predicted molar refractivity (Wildman–Crippen MR) is 87.7 cm³/mol. The molecule has 2 saturated heterocycles. The number of halogens is 1. The van der Waals surface area contributed by atoms with Crippen LogP contribution in [0.4, 0.5) is 4.39 Å². The number of sulfonamides is 1. The standard InChI is InChI=1S/C17H21FN2O4S/c18-11-4-6-14(7-5-11)25(22,23)20-9-13-8-15(16(10-20)24-13)17(21)19-12-2-1-3-12/h4-7,12-13,15-16H,1-3,8-10H2,(H,19,21)/t13-,15-,16+/m0/s1. The minimum absolute atomic E-state index is 0.0294. The van der Waals surface area contributed by atoms with E-state index in [1.807, 2.05) is 0 Å². The van der Waals surface area contributed by atoms with Gasteiger partial charge in [-0.3, -0.25) is 4.79 Å². The third-order valence-corrected chi connectivity index (χ3v) is 7.21. The van der Waals surface area contributed by atoms with E-state index in [4.69, 9.17) is 4.74 Å². The third-order valence-electron chi connectivity index (χ3n) is 5.36. The topological polar surface area (TPSA) is 75.7 Å². The largest absolute Gasteiger partial charge is 0.371 e. The van der Waals surface area contributed by atoms with Crippen LogP contribution in [0.1, 0.15) is 25.7 Å². The van der Waals surface area contributed by atoms with E-state index in [0.29, 0.717) is 6.42 Å². The molecule has 25 heavy (non-hydrogen) atoms. The Morgan fingerprint density at radius 1 is 1.20 bits per heavy atom. The van der Waals surface area contributed by atoms with Gasteiger partial charge in [0.1, 0.15) is 5.82 Å². The van der Waals surface area contributed by atoms with E-state index < -0.39 is 21.9 Å². The molecule has 6 nitrogen and oxygen atoms in total. The van der Waals surface area contributed by atoms with Gasteiger partial charge >= 0.3 is 0 Å². The van der Waals surface area contributed by atoms with Gasteiger partial charge < -0.3 is 10.1 Å². The second-order valence-electron chi connectivity index (χ2n) is 7.05. The van der Waals surface area contributed by atoms with Crippen LogP contribution in [0.3, 0.4) is 0 Å². The number of nitrogens with one attached hydrogen (secondary N) is 1. The SMILES string of the molecule is O=C(NC1CCC1)[C@H]1C[C@H]2CN(S(=O)(=O)c3ccc(F)cc3)C[C@H]1O2. The lowest BCUT2D eigenvalue weighted by Crippen LogP contribution is -2.49. The number of rotatable bonds is 4. The van der Waals surface area contributed by atoms with Gasteiger partial charge in [0.2, 0.25) is 15.9 Å². The quantitative estimate of drug-likeness (QED) is 0.869. The van der Waals surface area contributed by atoms with Crippen LogP contribution >= 0.6 is 0 Å². The maximum Gasteiger partial charge on any atom is 0.243 e. The van der Waals surface area contributed by atoms with Crippen LogP contribution in [0.2, 0.25) is 0 Å². The highest BCUT2D eigenvalue weighted by atomic mass is 32.2. The normalized spacial score (nSPS) is 30.0. The fourth-order valence-electron chi connectivity index (χ4n) is 3.71. The number of ether oxygens (including phenoxy) is 1. The summed E-state index contributed by atoms with van der Waals surface area (Å²) in [6, 6.07) is 5.06. The van der Waals surface area contributed by atoms with Crippen molar-refractivity contribution in [2.45, 2.75) is 48.8 Å². The fourth-order valence-corrected chi connectivity index (χ4v) is 5.20. The molecule has 4 rings (SSSR count). The summed E-state index contributed by atoms with van der Waals surface area (Å²) >= 11 is 0. The molecule has 1 aromatic carbocycles. The molecule has 1 N–H and O–H groups in total. The van der Waals surface area contributed by atoms with Gasteiger partial charge in [0.25, 0.3) is 0 Å². The Morgan fingerprint density at radius 2 is 1.92 bits per heavy atom. The van der Waals surface area contributed by atoms with E-state index in [9.17, 15) is 17.6 Å². The van der Waals surface area contributed by atoms with Crippen molar-refractivity contribution < 1.29 is 22.3 Å². The van der Waals surface area contributed by atoms with E-state index in [1.54, 1.807) is 0 Å². The number of carbonyl (C=O) groups is 1. The molecule has 3 atom stereocenters. The van der Waals surface area contributed by atoms with Crippen LogP contribution in [0.5, 0.6) is 0 Å². The highest BCUT2D eigenvalue weighted by Crippen LogP contribution is 2.35. The summed E-state index contributed by atoms with van der Waals surface area (Å²) < 4.78 is 45.8. The molecule has 2 aliphatic heterocycles. The lowest BCUT2D eigenvalue weighted by molar-refractivity contribution is -0.128. The van der Waals surface area contributed by atoms with Crippen molar-refractivity contribution in [3.8, 4) is 0 Å². The Morgan fingerprint density at radius 3 is 2.56 bits per heavy atom. The molecule has 0 spiro atoms. The number of fused-ring (bicyclic) bond motifs is 2. The van der Waals surface area contributed by atoms with Gasteiger partial charge in [-0.05, 0) is 49.9 Å². The van der Waals surface area contributed by atoms with Crippen molar-refractivity contribution in [1.29, 1.82) is 0 Å². The van der Waals surface area contributed by atoms with Crippen molar-refractivity contribution in [2.75, 3.05) is 13.1 Å². The van der Waals surface area contributed by atoms with Gasteiger partial charge in [-0.2, -0.15) is 4.31 Å². The number of hydrogen-bond acceptors (Lipinski definition) is 4. The van der Waals surface area contributed by atoms with Crippen LogP contribution < -0.4 is 5.32 Å².